The maximum absolute atomic E-state index is 5.71. The molecule has 108 valence electrons. The Bertz CT molecular complexity index is 366. The van der Waals surface area contributed by atoms with Crippen molar-refractivity contribution in [3.05, 3.63) is 11.6 Å². The van der Waals surface area contributed by atoms with E-state index in [0.717, 1.165) is 38.3 Å². The molecule has 1 aliphatic heterocycles. The summed E-state index contributed by atoms with van der Waals surface area (Å²) >= 11 is 0. The summed E-state index contributed by atoms with van der Waals surface area (Å²) in [6, 6.07) is 0. The van der Waals surface area contributed by atoms with Gasteiger partial charge in [0.2, 0.25) is 0 Å². The normalized spacial score (nSPS) is 16.9. The van der Waals surface area contributed by atoms with Crippen LogP contribution >= 0.6 is 0 Å². The molecule has 0 saturated carbocycles. The molecule has 2 N–H and O–H groups in total. The minimum absolute atomic E-state index is 0.758. The lowest BCUT2D eigenvalue weighted by Crippen LogP contribution is -2.12. The number of hydrogen-bond acceptors (Lipinski definition) is 3. The molecule has 1 atom stereocenters. The van der Waals surface area contributed by atoms with Crippen LogP contribution in [0.4, 0.5) is 0 Å². The zero-order valence-corrected chi connectivity index (χ0v) is 12.3. The second kappa shape index (κ2) is 7.63. The predicted molar refractivity (Wildman–Crippen MR) is 78.0 cm³/mol. The molecule has 0 aromatic carbocycles. The number of aromatic nitrogens is 3. The minimum Gasteiger partial charge on any atom is -0.330 e. The van der Waals surface area contributed by atoms with Gasteiger partial charge in [0.1, 0.15) is 11.6 Å². The zero-order chi connectivity index (χ0) is 13.5. The molecule has 0 saturated heterocycles. The highest BCUT2D eigenvalue weighted by molar-refractivity contribution is 4.98. The van der Waals surface area contributed by atoms with Crippen LogP contribution in [0.5, 0.6) is 0 Å². The third kappa shape index (κ3) is 4.03. The third-order valence-electron chi connectivity index (χ3n) is 4.23. The zero-order valence-electron chi connectivity index (χ0n) is 12.3. The predicted octanol–water partition coefficient (Wildman–Crippen LogP) is 2.70. The first kappa shape index (κ1) is 14.5. The first-order chi connectivity index (χ1) is 9.35. The number of fused-ring (bicyclic) bond motifs is 1. The van der Waals surface area contributed by atoms with Crippen LogP contribution < -0.4 is 5.73 Å². The Labute approximate surface area is 116 Å². The van der Waals surface area contributed by atoms with Crippen LogP contribution in [0.25, 0.3) is 0 Å². The van der Waals surface area contributed by atoms with Crippen LogP contribution in [0.3, 0.4) is 0 Å². The van der Waals surface area contributed by atoms with Gasteiger partial charge in [-0.1, -0.05) is 26.2 Å². The Kier molecular flexibility index (Phi) is 5.83. The van der Waals surface area contributed by atoms with E-state index < -0.39 is 0 Å². The quantitative estimate of drug-likeness (QED) is 0.823. The molecule has 0 bridgehead atoms. The molecular formula is C15H28N4. The fourth-order valence-electron chi connectivity index (χ4n) is 3.14. The van der Waals surface area contributed by atoms with Crippen molar-refractivity contribution in [2.75, 3.05) is 6.54 Å². The molecule has 4 nitrogen and oxygen atoms in total. The van der Waals surface area contributed by atoms with E-state index in [2.05, 4.69) is 21.7 Å². The Hall–Kier alpha value is -0.900. The summed E-state index contributed by atoms with van der Waals surface area (Å²) in [6.07, 6.45) is 10.9. The lowest BCUT2D eigenvalue weighted by molar-refractivity contribution is 0.413. The Balaban J connectivity index is 1.93. The highest BCUT2D eigenvalue weighted by atomic mass is 15.3. The Morgan fingerprint density at radius 2 is 2.05 bits per heavy atom. The van der Waals surface area contributed by atoms with Crippen LogP contribution in [-0.4, -0.2) is 21.3 Å². The second-order valence-electron chi connectivity index (χ2n) is 5.77. The van der Waals surface area contributed by atoms with Crippen LogP contribution in [0.2, 0.25) is 0 Å². The van der Waals surface area contributed by atoms with Crippen molar-refractivity contribution in [2.45, 2.75) is 71.3 Å². The SMILES string of the molecule is CCCC(CCN)CCc1nnc2n1CCCCC2. The Morgan fingerprint density at radius 3 is 2.84 bits per heavy atom. The van der Waals surface area contributed by atoms with Crippen molar-refractivity contribution in [3.8, 4) is 0 Å². The van der Waals surface area contributed by atoms with E-state index in [0.29, 0.717) is 0 Å². The van der Waals surface area contributed by atoms with Crippen molar-refractivity contribution in [2.24, 2.45) is 11.7 Å². The van der Waals surface area contributed by atoms with E-state index >= 15 is 0 Å². The Morgan fingerprint density at radius 1 is 1.16 bits per heavy atom. The van der Waals surface area contributed by atoms with Gasteiger partial charge in [-0.3, -0.25) is 0 Å². The molecule has 0 spiro atoms. The molecule has 2 heterocycles. The maximum Gasteiger partial charge on any atom is 0.133 e. The van der Waals surface area contributed by atoms with Gasteiger partial charge in [0.25, 0.3) is 0 Å². The summed E-state index contributed by atoms with van der Waals surface area (Å²) in [4.78, 5) is 0. The number of rotatable bonds is 7. The molecule has 1 unspecified atom stereocenters. The summed E-state index contributed by atoms with van der Waals surface area (Å²) in [5, 5.41) is 8.79. The highest BCUT2D eigenvalue weighted by Crippen LogP contribution is 2.20. The lowest BCUT2D eigenvalue weighted by Gasteiger charge is -2.15. The molecule has 4 heteroatoms. The van der Waals surface area contributed by atoms with Gasteiger partial charge in [0.15, 0.2) is 0 Å². The first-order valence-electron chi connectivity index (χ1n) is 7.96. The van der Waals surface area contributed by atoms with Crippen LogP contribution in [0.15, 0.2) is 0 Å². The average molecular weight is 264 g/mol. The minimum atomic E-state index is 0.758. The first-order valence-corrected chi connectivity index (χ1v) is 7.96. The molecule has 1 aliphatic rings. The lowest BCUT2D eigenvalue weighted by atomic mass is 9.94. The summed E-state index contributed by atoms with van der Waals surface area (Å²) in [5.74, 6) is 3.17. The van der Waals surface area contributed by atoms with Crippen LogP contribution in [0.1, 0.15) is 63.5 Å². The molecule has 0 fully saturated rings. The van der Waals surface area contributed by atoms with Gasteiger partial charge in [-0.25, -0.2) is 0 Å². The van der Waals surface area contributed by atoms with E-state index in [9.17, 15) is 0 Å². The van der Waals surface area contributed by atoms with Crippen molar-refractivity contribution in [1.29, 1.82) is 0 Å². The molecule has 0 radical (unpaired) electrons. The van der Waals surface area contributed by atoms with Crippen molar-refractivity contribution < 1.29 is 0 Å². The fraction of sp³-hybridized carbons (Fsp3) is 0.867. The smallest absolute Gasteiger partial charge is 0.133 e. The second-order valence-corrected chi connectivity index (χ2v) is 5.77. The molecule has 0 aliphatic carbocycles. The maximum atomic E-state index is 5.71. The van der Waals surface area contributed by atoms with Gasteiger partial charge < -0.3 is 10.3 Å². The molecule has 19 heavy (non-hydrogen) atoms. The van der Waals surface area contributed by atoms with Gasteiger partial charge in [-0.2, -0.15) is 0 Å². The van der Waals surface area contributed by atoms with E-state index in [-0.39, 0.29) is 0 Å². The average Bonchev–Trinajstić information content (AvgIpc) is 2.64. The monoisotopic (exact) mass is 264 g/mol. The number of hydrogen-bond donors (Lipinski definition) is 1. The molecular weight excluding hydrogens is 236 g/mol. The van der Waals surface area contributed by atoms with Gasteiger partial charge in [0, 0.05) is 19.4 Å². The number of aryl methyl sites for hydroxylation is 2. The van der Waals surface area contributed by atoms with Gasteiger partial charge in [-0.15, -0.1) is 10.2 Å². The highest BCUT2D eigenvalue weighted by Gasteiger charge is 2.16. The van der Waals surface area contributed by atoms with Gasteiger partial charge in [0.05, 0.1) is 0 Å². The summed E-state index contributed by atoms with van der Waals surface area (Å²) in [5.41, 5.74) is 5.71. The topological polar surface area (TPSA) is 56.7 Å². The third-order valence-corrected chi connectivity index (χ3v) is 4.23. The van der Waals surface area contributed by atoms with E-state index in [1.165, 1.54) is 50.2 Å². The molecule has 0 amide bonds. The van der Waals surface area contributed by atoms with E-state index in [1.807, 2.05) is 0 Å². The standard InChI is InChI=1S/C15H28N4/c1-2-6-13(10-11-16)8-9-15-18-17-14-7-4-3-5-12-19(14)15/h13H,2-12,16H2,1H3. The summed E-state index contributed by atoms with van der Waals surface area (Å²) in [7, 11) is 0. The molecule has 1 aromatic rings. The fourth-order valence-corrected chi connectivity index (χ4v) is 3.14. The van der Waals surface area contributed by atoms with E-state index in [1.54, 1.807) is 0 Å². The van der Waals surface area contributed by atoms with Crippen LogP contribution in [0, 0.1) is 5.92 Å². The van der Waals surface area contributed by atoms with Gasteiger partial charge in [-0.05, 0) is 38.1 Å². The van der Waals surface area contributed by atoms with E-state index in [4.69, 9.17) is 5.73 Å². The number of nitrogens with zero attached hydrogens (tertiary/aromatic N) is 3. The van der Waals surface area contributed by atoms with Crippen LogP contribution in [-0.2, 0) is 19.4 Å². The molecule has 1 aromatic heterocycles. The van der Waals surface area contributed by atoms with Crippen molar-refractivity contribution in [3.63, 3.8) is 0 Å². The van der Waals surface area contributed by atoms with Gasteiger partial charge >= 0.3 is 0 Å². The summed E-state index contributed by atoms with van der Waals surface area (Å²) < 4.78 is 2.37. The van der Waals surface area contributed by atoms with Crippen molar-refractivity contribution >= 4 is 0 Å². The van der Waals surface area contributed by atoms with Crippen molar-refractivity contribution in [1.82, 2.24) is 14.8 Å². The molecule has 2 rings (SSSR count). The largest absolute Gasteiger partial charge is 0.330 e. The summed E-state index contributed by atoms with van der Waals surface area (Å²) in [6.45, 7) is 4.18. The number of nitrogens with two attached hydrogens (primary N) is 1.